The van der Waals surface area contributed by atoms with Crippen molar-refractivity contribution in [3.63, 3.8) is 0 Å². The number of benzene rings is 1. The Kier molecular flexibility index (Phi) is 3.07. The second kappa shape index (κ2) is 4.49. The third-order valence-electron chi connectivity index (χ3n) is 2.30. The molecule has 1 heterocycles. The highest BCUT2D eigenvalue weighted by Gasteiger charge is 1.97. The monoisotopic (exact) mass is 215 g/mol. The predicted molar refractivity (Wildman–Crippen MR) is 65.5 cm³/mol. The molecule has 0 N–H and O–H groups in total. The van der Waals surface area contributed by atoms with Crippen molar-refractivity contribution in [2.45, 2.75) is 18.4 Å². The fourth-order valence-corrected chi connectivity index (χ4v) is 1.69. The van der Waals surface area contributed by atoms with Gasteiger partial charge in [0.15, 0.2) is 0 Å². The van der Waals surface area contributed by atoms with Crippen molar-refractivity contribution in [3.8, 4) is 0 Å². The molecular weight excluding hydrogens is 202 g/mol. The Balaban J connectivity index is 2.18. The van der Waals surface area contributed by atoms with Crippen molar-refractivity contribution >= 4 is 12.6 Å². The Morgan fingerprint density at radius 3 is 2.47 bits per heavy atom. The quantitative estimate of drug-likeness (QED) is 0.759. The largest absolute Gasteiger partial charge is 0.246 e. The van der Waals surface area contributed by atoms with Crippen LogP contribution in [0.1, 0.15) is 16.8 Å². The van der Waals surface area contributed by atoms with Crippen LogP contribution in [0.25, 0.3) is 0 Å². The fourth-order valence-electron chi connectivity index (χ4n) is 1.48. The van der Waals surface area contributed by atoms with Crippen LogP contribution in [0.15, 0.2) is 47.5 Å². The van der Waals surface area contributed by atoms with Crippen LogP contribution in [0.5, 0.6) is 0 Å². The maximum absolute atomic E-state index is 4.36. The van der Waals surface area contributed by atoms with Gasteiger partial charge in [-0.2, -0.15) is 0 Å². The van der Waals surface area contributed by atoms with E-state index in [0.717, 1.165) is 17.1 Å². The van der Waals surface area contributed by atoms with Gasteiger partial charge in [0, 0.05) is 12.1 Å². The number of thiol groups is 1. The molecule has 0 aliphatic rings. The highest BCUT2D eigenvalue weighted by molar-refractivity contribution is 7.80. The lowest BCUT2D eigenvalue weighted by Crippen LogP contribution is -1.92. The van der Waals surface area contributed by atoms with Crippen molar-refractivity contribution in [1.82, 2.24) is 4.98 Å². The van der Waals surface area contributed by atoms with Gasteiger partial charge in [0.1, 0.15) is 0 Å². The number of aryl methyl sites for hydroxylation is 1. The first kappa shape index (κ1) is 10.2. The molecule has 76 valence electrons. The highest BCUT2D eigenvalue weighted by atomic mass is 32.1. The number of hydrogen-bond acceptors (Lipinski definition) is 2. The molecule has 2 heteroatoms. The van der Waals surface area contributed by atoms with Crippen LogP contribution in [-0.4, -0.2) is 4.98 Å². The first-order chi connectivity index (χ1) is 7.24. The molecule has 0 amide bonds. The number of hydrogen-bond donors (Lipinski definition) is 1. The van der Waals surface area contributed by atoms with Crippen LogP contribution < -0.4 is 0 Å². The summed E-state index contributed by atoms with van der Waals surface area (Å²) in [6.45, 7) is 2.09. The standard InChI is InChI=1S/C13H13NS/c1-10-5-7-11(8-6-10)9-12-3-2-4-13(15)14-12/h2-8H,9H2,1H3,(H,14,15). The Morgan fingerprint density at radius 1 is 1.07 bits per heavy atom. The first-order valence-electron chi connectivity index (χ1n) is 4.94. The molecule has 1 nitrogen and oxygen atoms in total. The minimum absolute atomic E-state index is 0.777. The summed E-state index contributed by atoms with van der Waals surface area (Å²) in [7, 11) is 0. The molecule has 15 heavy (non-hydrogen) atoms. The molecular formula is C13H13NS. The van der Waals surface area contributed by atoms with Gasteiger partial charge in [0.2, 0.25) is 0 Å². The van der Waals surface area contributed by atoms with Crippen LogP contribution >= 0.6 is 12.6 Å². The minimum Gasteiger partial charge on any atom is -0.246 e. The molecule has 0 aliphatic heterocycles. The summed E-state index contributed by atoms with van der Waals surface area (Å²) in [5.41, 5.74) is 3.63. The third kappa shape index (κ3) is 2.83. The van der Waals surface area contributed by atoms with Crippen LogP contribution in [0.2, 0.25) is 0 Å². The molecule has 2 aromatic rings. The smallest absolute Gasteiger partial charge is 0.0932 e. The Morgan fingerprint density at radius 2 is 1.80 bits per heavy atom. The molecule has 0 atom stereocenters. The van der Waals surface area contributed by atoms with Crippen LogP contribution in [0.3, 0.4) is 0 Å². The summed E-state index contributed by atoms with van der Waals surface area (Å²) in [6, 6.07) is 14.4. The van der Waals surface area contributed by atoms with E-state index in [1.807, 2.05) is 18.2 Å². The zero-order valence-corrected chi connectivity index (χ0v) is 9.54. The molecule has 1 aromatic carbocycles. The second-order valence-electron chi connectivity index (χ2n) is 3.65. The van der Waals surface area contributed by atoms with Gasteiger partial charge < -0.3 is 0 Å². The van der Waals surface area contributed by atoms with Gasteiger partial charge in [-0.1, -0.05) is 35.9 Å². The topological polar surface area (TPSA) is 12.9 Å². The maximum Gasteiger partial charge on any atom is 0.0932 e. The van der Waals surface area contributed by atoms with Crippen molar-refractivity contribution in [2.24, 2.45) is 0 Å². The molecule has 0 spiro atoms. The SMILES string of the molecule is Cc1ccc(Cc2cccc(S)n2)cc1. The molecule has 0 unspecified atom stereocenters. The zero-order chi connectivity index (χ0) is 10.7. The molecule has 0 saturated carbocycles. The van der Waals surface area contributed by atoms with Crippen LogP contribution in [-0.2, 0) is 6.42 Å². The molecule has 2 rings (SSSR count). The van der Waals surface area contributed by atoms with Gasteiger partial charge in [-0.3, -0.25) is 0 Å². The summed E-state index contributed by atoms with van der Waals surface area (Å²) in [5.74, 6) is 0. The number of rotatable bonds is 2. The number of aromatic nitrogens is 1. The van der Waals surface area contributed by atoms with E-state index >= 15 is 0 Å². The van der Waals surface area contributed by atoms with Crippen molar-refractivity contribution in [1.29, 1.82) is 0 Å². The summed E-state index contributed by atoms with van der Waals surface area (Å²) in [5, 5.41) is 0.777. The lowest BCUT2D eigenvalue weighted by Gasteiger charge is -2.02. The average molecular weight is 215 g/mol. The summed E-state index contributed by atoms with van der Waals surface area (Å²) >= 11 is 4.23. The lowest BCUT2D eigenvalue weighted by atomic mass is 10.1. The average Bonchev–Trinajstić information content (AvgIpc) is 2.22. The molecule has 0 fully saturated rings. The van der Waals surface area contributed by atoms with E-state index in [-0.39, 0.29) is 0 Å². The van der Waals surface area contributed by atoms with Crippen LogP contribution in [0.4, 0.5) is 0 Å². The summed E-state index contributed by atoms with van der Waals surface area (Å²) < 4.78 is 0. The number of pyridine rings is 1. The van der Waals surface area contributed by atoms with Gasteiger partial charge >= 0.3 is 0 Å². The summed E-state index contributed by atoms with van der Waals surface area (Å²) in [6.07, 6.45) is 0.870. The predicted octanol–water partition coefficient (Wildman–Crippen LogP) is 3.27. The normalized spacial score (nSPS) is 10.3. The van der Waals surface area contributed by atoms with E-state index in [9.17, 15) is 0 Å². The van der Waals surface area contributed by atoms with Crippen molar-refractivity contribution in [2.75, 3.05) is 0 Å². The minimum atomic E-state index is 0.777. The van der Waals surface area contributed by atoms with Gasteiger partial charge in [-0.05, 0) is 24.6 Å². The van der Waals surface area contributed by atoms with Crippen LogP contribution in [0, 0.1) is 6.92 Å². The fraction of sp³-hybridized carbons (Fsp3) is 0.154. The second-order valence-corrected chi connectivity index (χ2v) is 4.11. The van der Waals surface area contributed by atoms with Gasteiger partial charge in [0.25, 0.3) is 0 Å². The number of nitrogens with zero attached hydrogens (tertiary/aromatic N) is 1. The van der Waals surface area contributed by atoms with E-state index in [1.165, 1.54) is 11.1 Å². The maximum atomic E-state index is 4.36. The molecule has 0 bridgehead atoms. The van der Waals surface area contributed by atoms with E-state index in [1.54, 1.807) is 0 Å². The van der Waals surface area contributed by atoms with E-state index < -0.39 is 0 Å². The zero-order valence-electron chi connectivity index (χ0n) is 8.64. The van der Waals surface area contributed by atoms with Gasteiger partial charge in [0.05, 0.1) is 5.03 Å². The van der Waals surface area contributed by atoms with Crippen molar-refractivity contribution in [3.05, 3.63) is 59.3 Å². The first-order valence-corrected chi connectivity index (χ1v) is 5.39. The molecule has 0 saturated heterocycles. The van der Waals surface area contributed by atoms with E-state index in [0.29, 0.717) is 0 Å². The van der Waals surface area contributed by atoms with E-state index in [2.05, 4.69) is 48.8 Å². The third-order valence-corrected chi connectivity index (χ3v) is 2.55. The molecule has 0 radical (unpaired) electrons. The van der Waals surface area contributed by atoms with E-state index in [4.69, 9.17) is 0 Å². The summed E-state index contributed by atoms with van der Waals surface area (Å²) in [4.78, 5) is 4.36. The lowest BCUT2D eigenvalue weighted by molar-refractivity contribution is 1.00. The highest BCUT2D eigenvalue weighted by Crippen LogP contribution is 2.10. The van der Waals surface area contributed by atoms with Gasteiger partial charge in [-0.15, -0.1) is 12.6 Å². The molecule has 0 aliphatic carbocycles. The Hall–Kier alpha value is -1.28. The Bertz CT molecular complexity index is 448. The van der Waals surface area contributed by atoms with Crippen molar-refractivity contribution < 1.29 is 0 Å². The Labute approximate surface area is 95.6 Å². The van der Waals surface area contributed by atoms with Gasteiger partial charge in [-0.25, -0.2) is 4.98 Å². The molecule has 1 aromatic heterocycles.